The van der Waals surface area contributed by atoms with Crippen LogP contribution in [0, 0.1) is 0 Å². The van der Waals surface area contributed by atoms with Gasteiger partial charge in [-0.25, -0.2) is 0 Å². The van der Waals surface area contributed by atoms with E-state index in [9.17, 15) is 5.11 Å². The molecule has 4 heteroatoms. The summed E-state index contributed by atoms with van der Waals surface area (Å²) in [7, 11) is 2.12. The Hall–Kier alpha value is -0.160. The second kappa shape index (κ2) is 5.25. The zero-order chi connectivity index (χ0) is 10.7. The second-order valence-electron chi connectivity index (χ2n) is 4.73. The third kappa shape index (κ3) is 2.91. The fourth-order valence-electron chi connectivity index (χ4n) is 2.51. The lowest BCUT2D eigenvalue weighted by Crippen LogP contribution is -2.55. The van der Waals surface area contributed by atoms with E-state index in [1.807, 2.05) is 0 Å². The number of likely N-dealkylation sites (N-methyl/N-ethyl adjacent to an activating group) is 1. The van der Waals surface area contributed by atoms with Crippen LogP contribution in [0.2, 0.25) is 0 Å². The van der Waals surface area contributed by atoms with Gasteiger partial charge in [0.15, 0.2) is 0 Å². The SMILES string of the molecule is CN1CCN(CC2CCCO2)C(CO)C1. The van der Waals surface area contributed by atoms with E-state index in [2.05, 4.69) is 16.8 Å². The Balaban J connectivity index is 1.83. The van der Waals surface area contributed by atoms with Gasteiger partial charge in [0, 0.05) is 38.8 Å². The number of ether oxygens (including phenoxy) is 1. The molecule has 0 spiro atoms. The van der Waals surface area contributed by atoms with Gasteiger partial charge in [-0.05, 0) is 19.9 Å². The van der Waals surface area contributed by atoms with E-state index in [1.54, 1.807) is 0 Å². The molecule has 0 bridgehead atoms. The molecule has 2 heterocycles. The molecule has 0 aromatic heterocycles. The Morgan fingerprint density at radius 1 is 1.40 bits per heavy atom. The van der Waals surface area contributed by atoms with Crippen LogP contribution in [0.3, 0.4) is 0 Å². The number of aliphatic hydroxyl groups is 1. The molecule has 2 atom stereocenters. The summed E-state index contributed by atoms with van der Waals surface area (Å²) < 4.78 is 5.64. The normalized spacial score (nSPS) is 34.8. The van der Waals surface area contributed by atoms with Gasteiger partial charge < -0.3 is 14.7 Å². The molecule has 2 unspecified atom stereocenters. The van der Waals surface area contributed by atoms with Crippen molar-refractivity contribution < 1.29 is 9.84 Å². The Bertz CT molecular complexity index is 195. The van der Waals surface area contributed by atoms with Crippen LogP contribution in [0.5, 0.6) is 0 Å². The van der Waals surface area contributed by atoms with E-state index in [0.29, 0.717) is 12.1 Å². The summed E-state index contributed by atoms with van der Waals surface area (Å²) in [5, 5.41) is 9.34. The maximum absolute atomic E-state index is 9.34. The van der Waals surface area contributed by atoms with Crippen molar-refractivity contribution in [3.05, 3.63) is 0 Å². The van der Waals surface area contributed by atoms with E-state index >= 15 is 0 Å². The highest BCUT2D eigenvalue weighted by Gasteiger charge is 2.28. The molecule has 2 fully saturated rings. The lowest BCUT2D eigenvalue weighted by atomic mass is 10.1. The number of hydrogen-bond donors (Lipinski definition) is 1. The number of hydrogen-bond acceptors (Lipinski definition) is 4. The molecule has 2 saturated heterocycles. The quantitative estimate of drug-likeness (QED) is 0.704. The Morgan fingerprint density at radius 2 is 2.27 bits per heavy atom. The van der Waals surface area contributed by atoms with Crippen LogP contribution < -0.4 is 0 Å². The molecule has 4 nitrogen and oxygen atoms in total. The first-order valence-electron chi connectivity index (χ1n) is 5.94. The zero-order valence-electron chi connectivity index (χ0n) is 9.56. The predicted octanol–water partition coefficient (Wildman–Crippen LogP) is -0.226. The molecule has 1 N–H and O–H groups in total. The first-order valence-corrected chi connectivity index (χ1v) is 5.94. The predicted molar refractivity (Wildman–Crippen MR) is 58.9 cm³/mol. The van der Waals surface area contributed by atoms with Crippen LogP contribution in [0.25, 0.3) is 0 Å². The molecule has 2 aliphatic heterocycles. The second-order valence-corrected chi connectivity index (χ2v) is 4.73. The molecule has 0 amide bonds. The van der Waals surface area contributed by atoms with Crippen molar-refractivity contribution in [2.75, 3.05) is 46.4 Å². The van der Waals surface area contributed by atoms with E-state index < -0.39 is 0 Å². The highest BCUT2D eigenvalue weighted by atomic mass is 16.5. The lowest BCUT2D eigenvalue weighted by molar-refractivity contribution is 0.00771. The molecule has 2 rings (SSSR count). The lowest BCUT2D eigenvalue weighted by Gasteiger charge is -2.40. The first-order chi connectivity index (χ1) is 7.29. The van der Waals surface area contributed by atoms with Crippen LogP contribution >= 0.6 is 0 Å². The van der Waals surface area contributed by atoms with Crippen LogP contribution in [0.15, 0.2) is 0 Å². The van der Waals surface area contributed by atoms with Gasteiger partial charge in [-0.3, -0.25) is 4.90 Å². The van der Waals surface area contributed by atoms with Crippen molar-refractivity contribution in [2.45, 2.75) is 25.0 Å². The van der Waals surface area contributed by atoms with Gasteiger partial charge in [0.05, 0.1) is 12.7 Å². The van der Waals surface area contributed by atoms with E-state index in [0.717, 1.165) is 32.8 Å². The van der Waals surface area contributed by atoms with Gasteiger partial charge in [-0.15, -0.1) is 0 Å². The van der Waals surface area contributed by atoms with Crippen molar-refractivity contribution in [3.8, 4) is 0 Å². The summed E-state index contributed by atoms with van der Waals surface area (Å²) >= 11 is 0. The molecule has 0 aliphatic carbocycles. The summed E-state index contributed by atoms with van der Waals surface area (Å²) in [6, 6.07) is 0.299. The van der Waals surface area contributed by atoms with E-state index in [4.69, 9.17) is 4.74 Å². The summed E-state index contributed by atoms with van der Waals surface area (Å²) in [6.45, 7) is 5.31. The molecular formula is C11H22N2O2. The molecule has 0 aromatic carbocycles. The average molecular weight is 214 g/mol. The largest absolute Gasteiger partial charge is 0.395 e. The van der Waals surface area contributed by atoms with E-state index in [1.165, 1.54) is 12.8 Å². The first kappa shape index (κ1) is 11.3. The highest BCUT2D eigenvalue weighted by Crippen LogP contribution is 2.16. The molecule has 2 aliphatic rings. The highest BCUT2D eigenvalue weighted by molar-refractivity contribution is 4.82. The molecular weight excluding hydrogens is 192 g/mol. The Morgan fingerprint density at radius 3 is 2.93 bits per heavy atom. The van der Waals surface area contributed by atoms with Crippen molar-refractivity contribution >= 4 is 0 Å². The van der Waals surface area contributed by atoms with Crippen molar-refractivity contribution in [1.82, 2.24) is 9.80 Å². The number of rotatable bonds is 3. The van der Waals surface area contributed by atoms with E-state index in [-0.39, 0.29) is 6.61 Å². The molecule has 15 heavy (non-hydrogen) atoms. The molecule has 88 valence electrons. The fraction of sp³-hybridized carbons (Fsp3) is 1.00. The zero-order valence-corrected chi connectivity index (χ0v) is 9.56. The van der Waals surface area contributed by atoms with Crippen molar-refractivity contribution in [1.29, 1.82) is 0 Å². The summed E-state index contributed by atoms with van der Waals surface area (Å²) in [6.07, 6.45) is 2.79. The Labute approximate surface area is 91.8 Å². The van der Waals surface area contributed by atoms with Crippen LogP contribution in [0.1, 0.15) is 12.8 Å². The van der Waals surface area contributed by atoms with Gasteiger partial charge in [-0.1, -0.05) is 0 Å². The van der Waals surface area contributed by atoms with Crippen LogP contribution in [-0.4, -0.2) is 73.5 Å². The van der Waals surface area contributed by atoms with Crippen LogP contribution in [-0.2, 0) is 4.74 Å². The maximum Gasteiger partial charge on any atom is 0.0703 e. The molecule has 0 radical (unpaired) electrons. The third-order valence-corrected chi connectivity index (χ3v) is 3.48. The minimum Gasteiger partial charge on any atom is -0.395 e. The monoisotopic (exact) mass is 214 g/mol. The maximum atomic E-state index is 9.34. The van der Waals surface area contributed by atoms with Gasteiger partial charge >= 0.3 is 0 Å². The fourth-order valence-corrected chi connectivity index (χ4v) is 2.51. The molecule has 0 aromatic rings. The third-order valence-electron chi connectivity index (χ3n) is 3.48. The summed E-state index contributed by atoms with van der Waals surface area (Å²) in [5.74, 6) is 0. The smallest absolute Gasteiger partial charge is 0.0703 e. The van der Waals surface area contributed by atoms with Crippen LogP contribution in [0.4, 0.5) is 0 Å². The Kier molecular flexibility index (Phi) is 3.97. The van der Waals surface area contributed by atoms with Gasteiger partial charge in [0.2, 0.25) is 0 Å². The minimum atomic E-state index is 0.261. The van der Waals surface area contributed by atoms with Gasteiger partial charge in [-0.2, -0.15) is 0 Å². The van der Waals surface area contributed by atoms with Gasteiger partial charge in [0.25, 0.3) is 0 Å². The average Bonchev–Trinajstić information content (AvgIpc) is 2.73. The number of aliphatic hydroxyl groups excluding tert-OH is 1. The number of piperazine rings is 1. The van der Waals surface area contributed by atoms with Crippen molar-refractivity contribution in [3.63, 3.8) is 0 Å². The topological polar surface area (TPSA) is 35.9 Å². The number of nitrogens with zero attached hydrogens (tertiary/aromatic N) is 2. The van der Waals surface area contributed by atoms with Crippen molar-refractivity contribution in [2.24, 2.45) is 0 Å². The van der Waals surface area contributed by atoms with Gasteiger partial charge in [0.1, 0.15) is 0 Å². The minimum absolute atomic E-state index is 0.261. The summed E-state index contributed by atoms with van der Waals surface area (Å²) in [4.78, 5) is 4.67. The molecule has 0 saturated carbocycles. The standard InChI is InChI=1S/C11H22N2O2/c1-12-4-5-13(10(7-12)9-14)8-11-3-2-6-15-11/h10-11,14H,2-9H2,1H3. The summed E-state index contributed by atoms with van der Waals surface area (Å²) in [5.41, 5.74) is 0.